The number of ether oxygens (including phenoxy) is 1. The molecule has 3 N–H and O–H groups in total. The fourth-order valence-electron chi connectivity index (χ4n) is 3.79. The summed E-state index contributed by atoms with van der Waals surface area (Å²) in [6, 6.07) is 4.70. The number of rotatable bonds is 12. The number of aromatic nitrogens is 2. The number of alkyl halides is 2. The summed E-state index contributed by atoms with van der Waals surface area (Å²) in [4.78, 5) is 10.6. The molecule has 2 heterocycles. The molecule has 1 aromatic carbocycles. The zero-order valence-corrected chi connectivity index (χ0v) is 23.6. The molecule has 0 saturated carbocycles. The van der Waals surface area contributed by atoms with Crippen LogP contribution in [0.5, 0.6) is 5.75 Å². The maximum atomic E-state index is 15.4. The highest BCUT2D eigenvalue weighted by Gasteiger charge is 2.24. The van der Waals surface area contributed by atoms with Crippen molar-refractivity contribution >= 4 is 39.3 Å². The first kappa shape index (κ1) is 30.0. The van der Waals surface area contributed by atoms with Gasteiger partial charge in [-0.2, -0.15) is 8.78 Å². The number of halogens is 3. The number of allylic oxidation sites excluding steroid dienone is 2. The van der Waals surface area contributed by atoms with Gasteiger partial charge in [-0.05, 0) is 62.8 Å². The fraction of sp³-hybridized carbons (Fsp3) is 0.462. The third-order valence-corrected chi connectivity index (χ3v) is 7.73. The lowest BCUT2D eigenvalue weighted by Gasteiger charge is -2.24. The molecule has 1 aromatic heterocycles. The topological polar surface area (TPSA) is 88.2 Å². The van der Waals surface area contributed by atoms with Crippen LogP contribution in [0.2, 0.25) is 0 Å². The minimum Gasteiger partial charge on any atom is -0.457 e. The second-order valence-electron chi connectivity index (χ2n) is 9.07. The van der Waals surface area contributed by atoms with Gasteiger partial charge in [-0.25, -0.2) is 18.6 Å². The SMILES string of the molecule is C=C(C)S/C(=C(/Oc1ccc(NS(=O)C(F)F)c(C)c1F)C(C)CC)c1ccnc(NC2CCCNC2)n1. The Morgan fingerprint density at radius 3 is 2.76 bits per heavy atom. The zero-order valence-electron chi connectivity index (χ0n) is 21.9. The molecule has 12 heteroatoms. The molecule has 0 aliphatic carbocycles. The summed E-state index contributed by atoms with van der Waals surface area (Å²) < 4.78 is 60.7. The average molecular weight is 570 g/mol. The summed E-state index contributed by atoms with van der Waals surface area (Å²) >= 11 is 1.37. The monoisotopic (exact) mass is 569 g/mol. The fourth-order valence-corrected chi connectivity index (χ4v) is 5.23. The van der Waals surface area contributed by atoms with Crippen molar-refractivity contribution in [1.82, 2.24) is 15.3 Å². The Balaban J connectivity index is 2.01. The van der Waals surface area contributed by atoms with Gasteiger partial charge in [0.2, 0.25) is 5.95 Å². The van der Waals surface area contributed by atoms with E-state index in [1.165, 1.54) is 30.8 Å². The highest BCUT2D eigenvalue weighted by Crippen LogP contribution is 2.40. The molecule has 1 aliphatic rings. The molecule has 1 fully saturated rings. The van der Waals surface area contributed by atoms with Gasteiger partial charge in [0, 0.05) is 30.3 Å². The number of piperidine rings is 1. The van der Waals surface area contributed by atoms with Gasteiger partial charge in [-0.1, -0.05) is 32.2 Å². The van der Waals surface area contributed by atoms with Gasteiger partial charge in [0.05, 0.1) is 16.3 Å². The lowest BCUT2D eigenvalue weighted by Crippen LogP contribution is -2.38. The van der Waals surface area contributed by atoms with E-state index in [0.29, 0.717) is 28.7 Å². The van der Waals surface area contributed by atoms with E-state index in [0.717, 1.165) is 30.8 Å². The van der Waals surface area contributed by atoms with Crippen LogP contribution in [-0.4, -0.2) is 39.1 Å². The van der Waals surface area contributed by atoms with Gasteiger partial charge in [-0.3, -0.25) is 0 Å². The van der Waals surface area contributed by atoms with Crippen molar-refractivity contribution < 1.29 is 22.1 Å². The first-order valence-electron chi connectivity index (χ1n) is 12.4. The van der Waals surface area contributed by atoms with Crippen molar-refractivity contribution in [3.8, 4) is 5.75 Å². The molecule has 3 unspecified atom stereocenters. The number of nitrogens with one attached hydrogen (secondary N) is 3. The summed E-state index contributed by atoms with van der Waals surface area (Å²) in [5, 5.41) is 6.74. The zero-order chi connectivity index (χ0) is 27.8. The van der Waals surface area contributed by atoms with Gasteiger partial charge in [0.25, 0.3) is 0 Å². The Kier molecular flexibility index (Phi) is 11.0. The van der Waals surface area contributed by atoms with Crippen molar-refractivity contribution in [3.63, 3.8) is 0 Å². The molecule has 0 amide bonds. The molecule has 1 aliphatic heterocycles. The number of hydrogen-bond donors (Lipinski definition) is 3. The first-order chi connectivity index (χ1) is 18.1. The number of hydrogen-bond acceptors (Lipinski definition) is 7. The smallest absolute Gasteiger partial charge is 0.330 e. The summed E-state index contributed by atoms with van der Waals surface area (Å²) in [7, 11) is -2.65. The molecule has 3 atom stereocenters. The predicted molar refractivity (Wildman–Crippen MR) is 150 cm³/mol. The summed E-state index contributed by atoms with van der Waals surface area (Å²) in [6.07, 6.45) is 4.45. The van der Waals surface area contributed by atoms with E-state index in [2.05, 4.69) is 26.9 Å². The van der Waals surface area contributed by atoms with Crippen LogP contribution in [0.15, 0.2) is 41.6 Å². The Labute approximate surface area is 228 Å². The molecule has 208 valence electrons. The third kappa shape index (κ3) is 7.97. The number of thioether (sulfide) groups is 1. The molecule has 0 bridgehead atoms. The maximum Gasteiger partial charge on any atom is 0.330 e. The number of anilines is 2. The lowest BCUT2D eigenvalue weighted by atomic mass is 10.1. The van der Waals surface area contributed by atoms with E-state index >= 15 is 4.39 Å². The van der Waals surface area contributed by atoms with E-state index in [9.17, 15) is 13.0 Å². The van der Waals surface area contributed by atoms with Crippen LogP contribution in [0.25, 0.3) is 4.91 Å². The molecule has 0 radical (unpaired) electrons. The molecular formula is C26H34F3N5O2S2. The van der Waals surface area contributed by atoms with Gasteiger partial charge in [0.1, 0.15) is 5.76 Å². The first-order valence-corrected chi connectivity index (χ1v) is 14.4. The van der Waals surface area contributed by atoms with Gasteiger partial charge >= 0.3 is 5.76 Å². The Hall–Kier alpha value is -2.57. The minimum atomic E-state index is -3.10. The van der Waals surface area contributed by atoms with Gasteiger partial charge in [0.15, 0.2) is 22.6 Å². The van der Waals surface area contributed by atoms with Crippen molar-refractivity contribution in [2.45, 2.75) is 58.8 Å². The van der Waals surface area contributed by atoms with Crippen LogP contribution < -0.4 is 20.1 Å². The van der Waals surface area contributed by atoms with Crippen molar-refractivity contribution in [1.29, 1.82) is 0 Å². The quantitative estimate of drug-likeness (QED) is 0.253. The highest BCUT2D eigenvalue weighted by molar-refractivity contribution is 8.11. The molecular weight excluding hydrogens is 535 g/mol. The molecule has 38 heavy (non-hydrogen) atoms. The van der Waals surface area contributed by atoms with Crippen LogP contribution in [-0.2, 0) is 11.0 Å². The van der Waals surface area contributed by atoms with Crippen LogP contribution in [0.3, 0.4) is 0 Å². The molecule has 2 aromatic rings. The summed E-state index contributed by atoms with van der Waals surface area (Å²) in [5.41, 5.74) is 0.629. The minimum absolute atomic E-state index is 0.00260. The number of benzene rings is 1. The normalized spacial score (nSPS) is 17.9. The van der Waals surface area contributed by atoms with E-state index in [1.807, 2.05) is 20.8 Å². The second kappa shape index (κ2) is 14.0. The van der Waals surface area contributed by atoms with Crippen LogP contribution in [0, 0.1) is 18.7 Å². The van der Waals surface area contributed by atoms with Crippen molar-refractivity contribution in [2.75, 3.05) is 23.1 Å². The van der Waals surface area contributed by atoms with Crippen LogP contribution in [0.1, 0.15) is 51.3 Å². The largest absolute Gasteiger partial charge is 0.457 e. The molecule has 7 nitrogen and oxygen atoms in total. The van der Waals surface area contributed by atoms with Gasteiger partial charge in [-0.15, -0.1) is 0 Å². The average Bonchev–Trinajstić information content (AvgIpc) is 2.90. The lowest BCUT2D eigenvalue weighted by molar-refractivity contribution is 0.244. The van der Waals surface area contributed by atoms with Crippen LogP contribution >= 0.6 is 11.8 Å². The Bertz CT molecular complexity index is 1190. The Morgan fingerprint density at radius 1 is 1.37 bits per heavy atom. The van der Waals surface area contributed by atoms with Crippen LogP contribution in [0.4, 0.5) is 24.8 Å². The number of nitrogens with zero attached hydrogens (tertiary/aromatic N) is 2. The van der Waals surface area contributed by atoms with Crippen molar-refractivity contribution in [3.05, 3.63) is 58.7 Å². The van der Waals surface area contributed by atoms with Crippen molar-refractivity contribution in [2.24, 2.45) is 5.92 Å². The third-order valence-electron chi connectivity index (χ3n) is 6.02. The van der Waals surface area contributed by atoms with E-state index in [-0.39, 0.29) is 29.0 Å². The standard InChI is InChI=1S/C26H34F3N5O2S2/c1-6-16(4)23(36-21-10-9-19(17(5)22(21)27)34-38(35)25(28)29)24(37-15(2)3)20-11-13-31-26(33-20)32-18-8-7-12-30-14-18/h9-11,13,16,18,25,30,34H,2,6-8,12,14H2,1,3-5H3,(H,31,32,33)/b24-23+. The molecule has 3 rings (SSSR count). The molecule has 0 spiro atoms. The van der Waals surface area contributed by atoms with E-state index in [4.69, 9.17) is 9.72 Å². The maximum absolute atomic E-state index is 15.4. The Morgan fingerprint density at radius 2 is 2.13 bits per heavy atom. The van der Waals surface area contributed by atoms with Gasteiger partial charge < -0.3 is 20.1 Å². The summed E-state index contributed by atoms with van der Waals surface area (Å²) in [5.74, 6) is -3.04. The predicted octanol–water partition coefficient (Wildman–Crippen LogP) is 6.45. The second-order valence-corrected chi connectivity index (χ2v) is 11.5. The van der Waals surface area contributed by atoms with E-state index in [1.54, 1.807) is 12.3 Å². The molecule has 1 saturated heterocycles. The summed E-state index contributed by atoms with van der Waals surface area (Å²) in [6.45, 7) is 13.1. The van der Waals surface area contributed by atoms with E-state index < -0.39 is 22.6 Å². The highest BCUT2D eigenvalue weighted by atomic mass is 32.2.